The Kier molecular flexibility index (Phi) is 5.31. The fraction of sp³-hybridized carbons (Fsp3) is 0.222. The number of ether oxygens (including phenoxy) is 1. The van der Waals surface area contributed by atoms with E-state index in [-0.39, 0.29) is 5.97 Å². The normalized spacial score (nSPS) is 11.0. The molecule has 0 bridgehead atoms. The predicted molar refractivity (Wildman–Crippen MR) is 44.9 cm³/mol. The van der Waals surface area contributed by atoms with Gasteiger partial charge in [-0.2, -0.15) is 0 Å². The summed E-state index contributed by atoms with van der Waals surface area (Å²) in [5.41, 5.74) is 0. The van der Waals surface area contributed by atoms with Crippen LogP contribution < -0.4 is 0 Å². The Morgan fingerprint density at radius 1 is 1.33 bits per heavy atom. The molecule has 0 radical (unpaired) electrons. The van der Waals surface area contributed by atoms with Gasteiger partial charge < -0.3 is 4.74 Å². The van der Waals surface area contributed by atoms with Gasteiger partial charge in [-0.15, -0.1) is 0 Å². The van der Waals surface area contributed by atoms with Gasteiger partial charge in [0.1, 0.15) is 11.7 Å². The van der Waals surface area contributed by atoms with Crippen molar-refractivity contribution in [2.24, 2.45) is 0 Å². The Hall–Kier alpha value is -1.60. The van der Waals surface area contributed by atoms with Crippen molar-refractivity contribution in [3.05, 3.63) is 30.1 Å². The van der Waals surface area contributed by atoms with E-state index in [0.717, 1.165) is 0 Å². The van der Waals surface area contributed by atoms with Crippen molar-refractivity contribution in [2.45, 2.75) is 13.8 Å². The van der Waals surface area contributed by atoms with Crippen LogP contribution in [-0.2, 0) is 14.3 Å². The summed E-state index contributed by atoms with van der Waals surface area (Å²) in [6.45, 7) is 2.97. The molecule has 0 aromatic rings. The molecule has 0 saturated carbocycles. The number of carbonyl (C=O) groups is 1. The molecule has 0 aromatic heterocycles. The van der Waals surface area contributed by atoms with Crippen LogP contribution in [0.1, 0.15) is 13.8 Å². The highest BCUT2D eigenvalue weighted by Crippen LogP contribution is 1.95. The summed E-state index contributed by atoms with van der Waals surface area (Å²) < 4.78 is 4.69. The molecule has 3 nitrogen and oxygen atoms in total. The first-order valence-electron chi connectivity index (χ1n) is 3.39. The van der Waals surface area contributed by atoms with Crippen molar-refractivity contribution in [3.8, 4) is 0 Å². The lowest BCUT2D eigenvalue weighted by Gasteiger charge is -1.96. The van der Waals surface area contributed by atoms with E-state index in [1.807, 2.05) is 0 Å². The lowest BCUT2D eigenvalue weighted by Crippen LogP contribution is -1.94. The summed E-state index contributed by atoms with van der Waals surface area (Å²) in [5.74, 6) is 1.71. The highest BCUT2D eigenvalue weighted by atomic mass is 16.5. The van der Waals surface area contributed by atoms with Gasteiger partial charge in [-0.1, -0.05) is 12.2 Å². The van der Waals surface area contributed by atoms with E-state index in [1.54, 1.807) is 25.0 Å². The summed E-state index contributed by atoms with van der Waals surface area (Å²) in [6.07, 6.45) is 5.88. The zero-order chi connectivity index (χ0) is 9.40. The lowest BCUT2D eigenvalue weighted by molar-refractivity contribution is -0.136. The number of esters is 1. The van der Waals surface area contributed by atoms with Gasteiger partial charge in [-0.25, -0.2) is 4.79 Å². The molecule has 64 valence electrons. The van der Waals surface area contributed by atoms with Crippen LogP contribution in [0.5, 0.6) is 0 Å². The maximum Gasteiger partial charge on any atom is 0.307 e. The van der Waals surface area contributed by atoms with Crippen molar-refractivity contribution in [1.29, 1.82) is 0 Å². The van der Waals surface area contributed by atoms with Crippen LogP contribution >= 0.6 is 0 Å². The van der Waals surface area contributed by atoms with Crippen LogP contribution in [0.4, 0.5) is 0 Å². The summed E-state index contributed by atoms with van der Waals surface area (Å²) in [7, 11) is 0. The minimum atomic E-state index is -0.358. The molecule has 0 heterocycles. The third-order valence-electron chi connectivity index (χ3n) is 0.911. The molecule has 12 heavy (non-hydrogen) atoms. The number of carbonyl (C=O) groups excluding carboxylic acids is 2. The highest BCUT2D eigenvalue weighted by molar-refractivity contribution is 5.67. The first-order valence-corrected chi connectivity index (χ1v) is 3.39. The largest absolute Gasteiger partial charge is 0.432 e. The Morgan fingerprint density at radius 3 is 2.50 bits per heavy atom. The number of hydrogen-bond acceptors (Lipinski definition) is 3. The van der Waals surface area contributed by atoms with Gasteiger partial charge in [-0.05, 0) is 13.0 Å². The highest BCUT2D eigenvalue weighted by Gasteiger charge is 1.91. The smallest absolute Gasteiger partial charge is 0.307 e. The topological polar surface area (TPSA) is 43.4 Å². The first kappa shape index (κ1) is 10.4. The van der Waals surface area contributed by atoms with Crippen LogP contribution in [0.2, 0.25) is 0 Å². The average Bonchev–Trinajstić information content (AvgIpc) is 1.97. The van der Waals surface area contributed by atoms with Crippen LogP contribution in [0.25, 0.3) is 0 Å². The fourth-order valence-electron chi connectivity index (χ4n) is 0.547. The number of allylic oxidation sites excluding steroid dienone is 5. The van der Waals surface area contributed by atoms with Crippen molar-refractivity contribution in [2.75, 3.05) is 0 Å². The molecule has 0 spiro atoms. The zero-order valence-corrected chi connectivity index (χ0v) is 7.03. The summed E-state index contributed by atoms with van der Waals surface area (Å²) in [4.78, 5) is 20.1. The van der Waals surface area contributed by atoms with E-state index < -0.39 is 0 Å². The Balaban J connectivity index is 3.99. The van der Waals surface area contributed by atoms with Gasteiger partial charge in [-0.3, -0.25) is 4.79 Å². The molecule has 0 saturated heterocycles. The van der Waals surface area contributed by atoms with Crippen molar-refractivity contribution >= 4 is 11.9 Å². The summed E-state index contributed by atoms with van der Waals surface area (Å²) >= 11 is 0. The molecule has 0 rings (SSSR count). The Bertz CT molecular complexity index is 255. The van der Waals surface area contributed by atoms with E-state index in [1.165, 1.54) is 19.1 Å². The maximum atomic E-state index is 10.4. The number of rotatable bonds is 3. The van der Waals surface area contributed by atoms with E-state index >= 15 is 0 Å². The van der Waals surface area contributed by atoms with Gasteiger partial charge in [0.05, 0.1) is 0 Å². The van der Waals surface area contributed by atoms with Crippen LogP contribution in [0.15, 0.2) is 30.1 Å². The SMILES string of the molecule is CC(=O)O/C(C)=C/C=C\C=C=O. The molecule has 0 aliphatic rings. The molecule has 0 unspecified atom stereocenters. The molecule has 0 aliphatic carbocycles. The maximum absolute atomic E-state index is 10.4. The minimum absolute atomic E-state index is 0.358. The first-order chi connectivity index (χ1) is 5.66. The molecule has 0 amide bonds. The molecule has 0 atom stereocenters. The third kappa shape index (κ3) is 6.52. The van der Waals surface area contributed by atoms with Gasteiger partial charge >= 0.3 is 5.97 Å². The molecular weight excluding hydrogens is 156 g/mol. The third-order valence-corrected chi connectivity index (χ3v) is 0.911. The van der Waals surface area contributed by atoms with Crippen LogP contribution in [-0.4, -0.2) is 11.9 Å². The quantitative estimate of drug-likeness (QED) is 0.275. The minimum Gasteiger partial charge on any atom is -0.432 e. The van der Waals surface area contributed by atoms with Crippen LogP contribution in [0, 0.1) is 0 Å². The standard InChI is InChI=1S/C9H10O3/c1-8(12-9(2)11)6-4-3-5-7-10/h3-6H,1-2H3/b4-3-,8-6+. The lowest BCUT2D eigenvalue weighted by atomic mass is 10.4. The molecule has 0 aliphatic heterocycles. The number of hydrogen-bond donors (Lipinski definition) is 0. The van der Waals surface area contributed by atoms with Gasteiger partial charge in [0.25, 0.3) is 0 Å². The van der Waals surface area contributed by atoms with E-state index in [9.17, 15) is 9.59 Å². The van der Waals surface area contributed by atoms with Gasteiger partial charge in [0, 0.05) is 13.0 Å². The second-order valence-electron chi connectivity index (χ2n) is 2.04. The van der Waals surface area contributed by atoms with Gasteiger partial charge in [0.15, 0.2) is 0 Å². The second-order valence-corrected chi connectivity index (χ2v) is 2.04. The molecule has 3 heteroatoms. The zero-order valence-electron chi connectivity index (χ0n) is 7.03. The average molecular weight is 166 g/mol. The monoisotopic (exact) mass is 166 g/mol. The Labute approximate surface area is 71.0 Å². The van der Waals surface area contributed by atoms with E-state index in [4.69, 9.17) is 0 Å². The van der Waals surface area contributed by atoms with Crippen molar-refractivity contribution in [3.63, 3.8) is 0 Å². The second kappa shape index (κ2) is 6.13. The molecule has 0 fully saturated rings. The molecular formula is C9H10O3. The van der Waals surface area contributed by atoms with E-state index in [0.29, 0.717) is 5.76 Å². The van der Waals surface area contributed by atoms with Crippen molar-refractivity contribution < 1.29 is 14.3 Å². The summed E-state index contributed by atoms with van der Waals surface area (Å²) in [6, 6.07) is 0. The molecule has 0 N–H and O–H groups in total. The predicted octanol–water partition coefficient (Wildman–Crippen LogP) is 1.40. The fourth-order valence-corrected chi connectivity index (χ4v) is 0.547. The Morgan fingerprint density at radius 2 is 2.00 bits per heavy atom. The van der Waals surface area contributed by atoms with E-state index in [2.05, 4.69) is 4.74 Å². The molecule has 0 aromatic carbocycles. The van der Waals surface area contributed by atoms with Crippen LogP contribution in [0.3, 0.4) is 0 Å². The van der Waals surface area contributed by atoms with Crippen molar-refractivity contribution in [1.82, 2.24) is 0 Å². The van der Waals surface area contributed by atoms with Gasteiger partial charge in [0.2, 0.25) is 0 Å². The summed E-state index contributed by atoms with van der Waals surface area (Å²) in [5, 5.41) is 0.